The van der Waals surface area contributed by atoms with Crippen LogP contribution < -0.4 is 5.32 Å². The minimum Gasteiger partial charge on any atom is -0.446 e. The van der Waals surface area contributed by atoms with E-state index in [4.69, 9.17) is 4.42 Å². The van der Waals surface area contributed by atoms with Gasteiger partial charge in [-0.05, 0) is 74.6 Å². The molecule has 2 N–H and O–H groups in total. The van der Waals surface area contributed by atoms with Gasteiger partial charge in [0.05, 0.1) is 11.8 Å². The zero-order chi connectivity index (χ0) is 26.6. The second kappa shape index (κ2) is 11.6. The van der Waals surface area contributed by atoms with Gasteiger partial charge in [-0.1, -0.05) is 26.3 Å². The predicted molar refractivity (Wildman–Crippen MR) is 133 cm³/mol. The Bertz CT molecular complexity index is 1030. The number of aliphatic hydroxyl groups is 1. The highest BCUT2D eigenvalue weighted by Gasteiger charge is 2.40. The molecule has 0 radical (unpaired) electrons. The van der Waals surface area contributed by atoms with Crippen LogP contribution in [0.3, 0.4) is 0 Å². The van der Waals surface area contributed by atoms with Crippen LogP contribution in [0.5, 0.6) is 0 Å². The van der Waals surface area contributed by atoms with Crippen molar-refractivity contribution in [1.29, 1.82) is 0 Å². The van der Waals surface area contributed by atoms with Crippen LogP contribution in [-0.4, -0.2) is 39.5 Å². The normalized spacial score (nSPS) is 27.8. The molecule has 2 aliphatic carbocycles. The number of amides is 1. The van der Waals surface area contributed by atoms with Crippen molar-refractivity contribution in [2.45, 2.75) is 102 Å². The lowest BCUT2D eigenvalue weighted by molar-refractivity contribution is -0.137. The van der Waals surface area contributed by atoms with Crippen LogP contribution in [0, 0.1) is 5.92 Å². The number of halogens is 3. The van der Waals surface area contributed by atoms with Gasteiger partial charge in [0.2, 0.25) is 11.8 Å². The van der Waals surface area contributed by atoms with Gasteiger partial charge < -0.3 is 19.7 Å². The lowest BCUT2D eigenvalue weighted by Crippen LogP contribution is -2.44. The lowest BCUT2D eigenvalue weighted by Gasteiger charge is -2.35. The molecule has 0 spiro atoms. The van der Waals surface area contributed by atoms with Gasteiger partial charge in [0.15, 0.2) is 0 Å². The molecule has 5 rings (SSSR count). The number of oxazole rings is 1. The fourth-order valence-corrected chi connectivity index (χ4v) is 5.80. The second-order valence-electron chi connectivity index (χ2n) is 10.7. The van der Waals surface area contributed by atoms with E-state index in [1.165, 1.54) is 18.8 Å². The van der Waals surface area contributed by atoms with Gasteiger partial charge in [-0.3, -0.25) is 4.79 Å². The van der Waals surface area contributed by atoms with E-state index in [-0.39, 0.29) is 30.5 Å². The maximum absolute atomic E-state index is 13.2. The van der Waals surface area contributed by atoms with E-state index in [9.17, 15) is 23.1 Å². The van der Waals surface area contributed by atoms with E-state index in [1.807, 2.05) is 0 Å². The van der Waals surface area contributed by atoms with E-state index >= 15 is 0 Å². The van der Waals surface area contributed by atoms with Gasteiger partial charge in [0, 0.05) is 31.1 Å². The zero-order valence-electron chi connectivity index (χ0n) is 21.7. The minimum atomic E-state index is -4.38. The van der Waals surface area contributed by atoms with Crippen LogP contribution in [0.15, 0.2) is 35.1 Å². The summed E-state index contributed by atoms with van der Waals surface area (Å²) in [5.74, 6) is 0.329. The van der Waals surface area contributed by atoms with Crippen molar-refractivity contribution < 1.29 is 27.5 Å². The molecule has 3 aliphatic rings. The molecule has 2 unspecified atom stereocenters. The molecule has 0 saturated heterocycles. The third kappa shape index (κ3) is 6.55. The molecule has 1 aromatic heterocycles. The smallest absolute Gasteiger partial charge is 0.416 e. The number of nitrogens with one attached hydrogen (secondary N) is 1. The van der Waals surface area contributed by atoms with Crippen LogP contribution >= 0.6 is 0 Å². The summed E-state index contributed by atoms with van der Waals surface area (Å²) in [6.45, 7) is 5.04. The van der Waals surface area contributed by atoms with Crippen LogP contribution in [0.1, 0.15) is 87.8 Å². The largest absolute Gasteiger partial charge is 0.446 e. The summed E-state index contributed by atoms with van der Waals surface area (Å²) in [4.78, 5) is 19.0. The van der Waals surface area contributed by atoms with E-state index in [0.717, 1.165) is 43.7 Å². The van der Waals surface area contributed by atoms with Gasteiger partial charge in [0.25, 0.3) is 0 Å². The molecule has 37 heavy (non-hydrogen) atoms. The molecule has 6 nitrogen and oxygen atoms in total. The Labute approximate surface area is 216 Å². The number of rotatable bonds is 4. The Kier molecular flexibility index (Phi) is 8.63. The number of carbonyl (C=O) groups excluding carboxylic acids is 1. The number of hydrogen-bond donors (Lipinski definition) is 2. The number of fused-ring (bicyclic) bond motifs is 1. The first-order chi connectivity index (χ1) is 17.6. The van der Waals surface area contributed by atoms with Gasteiger partial charge in [-0.25, -0.2) is 4.98 Å². The molecule has 204 valence electrons. The molecular formula is C28H38F3N3O3. The average molecular weight is 522 g/mol. The Morgan fingerprint density at radius 1 is 1.16 bits per heavy atom. The van der Waals surface area contributed by atoms with Crippen molar-refractivity contribution in [1.82, 2.24) is 15.2 Å². The number of carbonyl (C=O) groups is 1. The highest BCUT2D eigenvalue weighted by Crippen LogP contribution is 2.38. The number of hydrogen-bond acceptors (Lipinski definition) is 5. The minimum absolute atomic E-state index is 0.0503. The van der Waals surface area contributed by atoms with Gasteiger partial charge in [-0.15, -0.1) is 0 Å². The third-order valence-corrected chi connectivity index (χ3v) is 7.75. The molecule has 2 fully saturated rings. The van der Waals surface area contributed by atoms with Crippen LogP contribution in [0.25, 0.3) is 0 Å². The fourth-order valence-electron chi connectivity index (χ4n) is 5.80. The van der Waals surface area contributed by atoms with Crippen molar-refractivity contribution in [3.05, 3.63) is 53.2 Å². The molecule has 1 aromatic carbocycles. The van der Waals surface area contributed by atoms with Crippen LogP contribution in [-0.2, 0) is 29.5 Å². The number of nitrogens with zero attached hydrogens (tertiary/aromatic N) is 2. The van der Waals surface area contributed by atoms with Crippen molar-refractivity contribution in [3.63, 3.8) is 0 Å². The highest BCUT2D eigenvalue weighted by molar-refractivity contribution is 5.79. The van der Waals surface area contributed by atoms with Crippen LogP contribution in [0.2, 0.25) is 0 Å². The second-order valence-corrected chi connectivity index (χ2v) is 10.7. The van der Waals surface area contributed by atoms with Crippen molar-refractivity contribution >= 4 is 5.91 Å². The standard InChI is InChI=1S/C25H30F3N3O3.C3H8/c26-25(27,28)19-3-1-16-7-11-31(15-18(16)13-19)22(32)17-2-4-21(14-17)30-20-5-8-24(33,9-6-20)23-29-10-12-34-23;1-3-2/h1,3,10,12-13,17,20-21,30,33H,2,4-9,11,14-15H2;3H2,1-2H3. The van der Waals surface area contributed by atoms with E-state index in [1.54, 1.807) is 17.2 Å². The first-order valence-corrected chi connectivity index (χ1v) is 13.5. The summed E-state index contributed by atoms with van der Waals surface area (Å²) in [6.07, 6.45) is 5.67. The summed E-state index contributed by atoms with van der Waals surface area (Å²) in [5, 5.41) is 14.5. The summed E-state index contributed by atoms with van der Waals surface area (Å²) in [5.41, 5.74) is -0.174. The van der Waals surface area contributed by atoms with Gasteiger partial charge in [-0.2, -0.15) is 13.2 Å². The Balaban J connectivity index is 0.00000102. The molecule has 2 atom stereocenters. The fraction of sp³-hybridized carbons (Fsp3) is 0.643. The van der Waals surface area contributed by atoms with Gasteiger partial charge in [0.1, 0.15) is 11.9 Å². The highest BCUT2D eigenvalue weighted by atomic mass is 19.4. The molecule has 2 aromatic rings. The van der Waals surface area contributed by atoms with Crippen molar-refractivity contribution in [3.8, 4) is 0 Å². The SMILES string of the molecule is CCC.O=C(C1CCC(NC2CCC(O)(c3ncco3)CC2)C1)N1CCc2ccc(C(F)(F)F)cc2C1. The Morgan fingerprint density at radius 3 is 2.54 bits per heavy atom. The van der Waals surface area contributed by atoms with Crippen molar-refractivity contribution in [2.75, 3.05) is 6.54 Å². The van der Waals surface area contributed by atoms with E-state index < -0.39 is 17.3 Å². The monoisotopic (exact) mass is 521 g/mol. The molecule has 9 heteroatoms. The lowest BCUT2D eigenvalue weighted by atomic mass is 9.81. The number of benzene rings is 1. The van der Waals surface area contributed by atoms with Gasteiger partial charge >= 0.3 is 6.18 Å². The average Bonchev–Trinajstić information content (AvgIpc) is 3.58. The Hall–Kier alpha value is -2.39. The van der Waals surface area contributed by atoms with E-state index in [0.29, 0.717) is 37.3 Å². The topological polar surface area (TPSA) is 78.6 Å². The summed E-state index contributed by atoms with van der Waals surface area (Å²) < 4.78 is 44.6. The maximum atomic E-state index is 13.2. The molecular weight excluding hydrogens is 483 g/mol. The summed E-state index contributed by atoms with van der Waals surface area (Å²) in [7, 11) is 0. The molecule has 1 aliphatic heterocycles. The summed E-state index contributed by atoms with van der Waals surface area (Å²) >= 11 is 0. The predicted octanol–water partition coefficient (Wildman–Crippen LogP) is 5.58. The van der Waals surface area contributed by atoms with E-state index in [2.05, 4.69) is 24.1 Å². The third-order valence-electron chi connectivity index (χ3n) is 7.75. The number of alkyl halides is 3. The summed E-state index contributed by atoms with van der Waals surface area (Å²) in [6, 6.07) is 4.37. The Morgan fingerprint density at radius 2 is 1.89 bits per heavy atom. The number of aromatic nitrogens is 1. The first-order valence-electron chi connectivity index (χ1n) is 13.5. The molecule has 1 amide bonds. The maximum Gasteiger partial charge on any atom is 0.416 e. The molecule has 0 bridgehead atoms. The quantitative estimate of drug-likeness (QED) is 0.549. The van der Waals surface area contributed by atoms with Crippen LogP contribution in [0.4, 0.5) is 13.2 Å². The molecule has 2 heterocycles. The molecule has 2 saturated carbocycles. The van der Waals surface area contributed by atoms with Crippen molar-refractivity contribution in [2.24, 2.45) is 5.92 Å². The zero-order valence-corrected chi connectivity index (χ0v) is 21.7. The first kappa shape index (κ1) is 27.6.